The summed E-state index contributed by atoms with van der Waals surface area (Å²) >= 11 is 0. The number of nitrogens with zero attached hydrogens (tertiary/aromatic N) is 2. The van der Waals surface area contributed by atoms with Gasteiger partial charge in [0.05, 0.1) is 18.8 Å². The molecule has 0 aliphatic carbocycles. The molecule has 1 saturated heterocycles. The second-order valence-electron chi connectivity index (χ2n) is 6.07. The van der Waals surface area contributed by atoms with Crippen LogP contribution in [-0.4, -0.2) is 35.9 Å². The van der Waals surface area contributed by atoms with Crippen LogP contribution in [0.25, 0.3) is 0 Å². The first-order valence-corrected chi connectivity index (χ1v) is 8.37. The van der Waals surface area contributed by atoms with Gasteiger partial charge in [0.1, 0.15) is 5.82 Å². The third-order valence-corrected chi connectivity index (χ3v) is 4.32. The van der Waals surface area contributed by atoms with Crippen molar-refractivity contribution in [2.75, 3.05) is 20.0 Å². The van der Waals surface area contributed by atoms with Gasteiger partial charge in [0.25, 0.3) is 5.91 Å². The molecule has 7 nitrogen and oxygen atoms in total. The molecule has 4 rings (SSSR count). The molecule has 0 bridgehead atoms. The molecule has 1 atom stereocenters. The predicted octanol–water partition coefficient (Wildman–Crippen LogP) is 2.03. The van der Waals surface area contributed by atoms with E-state index in [1.807, 2.05) is 6.07 Å². The van der Waals surface area contributed by atoms with E-state index < -0.39 is 0 Å². The SMILES string of the molecule is O=C(NCc1ccnc(C2CCCOC2)n1)c1ccc2c(c1)OCO2. The summed E-state index contributed by atoms with van der Waals surface area (Å²) in [6, 6.07) is 6.95. The van der Waals surface area contributed by atoms with Gasteiger partial charge in [0.2, 0.25) is 6.79 Å². The van der Waals surface area contributed by atoms with Gasteiger partial charge < -0.3 is 19.5 Å². The molecule has 2 aromatic rings. The maximum Gasteiger partial charge on any atom is 0.251 e. The van der Waals surface area contributed by atoms with Crippen molar-refractivity contribution in [1.29, 1.82) is 0 Å². The molecule has 7 heteroatoms. The first-order valence-electron chi connectivity index (χ1n) is 8.37. The van der Waals surface area contributed by atoms with E-state index in [0.717, 1.165) is 31.0 Å². The quantitative estimate of drug-likeness (QED) is 0.916. The molecule has 1 fully saturated rings. The average Bonchev–Trinajstić information content (AvgIpc) is 3.15. The minimum Gasteiger partial charge on any atom is -0.454 e. The lowest BCUT2D eigenvalue weighted by atomic mass is 10.0. The maximum atomic E-state index is 12.3. The van der Waals surface area contributed by atoms with Crippen LogP contribution in [0.5, 0.6) is 11.5 Å². The van der Waals surface area contributed by atoms with E-state index in [1.54, 1.807) is 24.4 Å². The number of aromatic nitrogens is 2. The van der Waals surface area contributed by atoms with Crippen LogP contribution in [0.2, 0.25) is 0 Å². The minimum atomic E-state index is -0.181. The largest absolute Gasteiger partial charge is 0.454 e. The first-order chi connectivity index (χ1) is 12.3. The fourth-order valence-electron chi connectivity index (χ4n) is 2.96. The van der Waals surface area contributed by atoms with Gasteiger partial charge in [-0.2, -0.15) is 0 Å². The van der Waals surface area contributed by atoms with Crippen LogP contribution >= 0.6 is 0 Å². The Morgan fingerprint density at radius 1 is 1.24 bits per heavy atom. The first kappa shape index (κ1) is 15.8. The van der Waals surface area contributed by atoms with E-state index in [4.69, 9.17) is 14.2 Å². The lowest BCUT2D eigenvalue weighted by Gasteiger charge is -2.20. The topological polar surface area (TPSA) is 82.6 Å². The molecular formula is C18H19N3O4. The summed E-state index contributed by atoms with van der Waals surface area (Å²) < 4.78 is 16.0. The highest BCUT2D eigenvalue weighted by molar-refractivity contribution is 5.94. The van der Waals surface area contributed by atoms with Crippen LogP contribution in [0.3, 0.4) is 0 Å². The fourth-order valence-corrected chi connectivity index (χ4v) is 2.96. The van der Waals surface area contributed by atoms with Gasteiger partial charge in [-0.15, -0.1) is 0 Å². The molecule has 25 heavy (non-hydrogen) atoms. The highest BCUT2D eigenvalue weighted by atomic mass is 16.7. The van der Waals surface area contributed by atoms with E-state index in [-0.39, 0.29) is 18.6 Å². The number of carbonyl (C=O) groups is 1. The summed E-state index contributed by atoms with van der Waals surface area (Å²) in [7, 11) is 0. The zero-order valence-electron chi connectivity index (χ0n) is 13.7. The van der Waals surface area contributed by atoms with E-state index in [9.17, 15) is 4.79 Å². The number of nitrogens with one attached hydrogen (secondary N) is 1. The molecule has 1 aromatic carbocycles. The van der Waals surface area contributed by atoms with Crippen LogP contribution in [-0.2, 0) is 11.3 Å². The fraction of sp³-hybridized carbons (Fsp3) is 0.389. The Labute approximate surface area is 145 Å². The number of amides is 1. The number of benzene rings is 1. The lowest BCUT2D eigenvalue weighted by Crippen LogP contribution is -2.24. The van der Waals surface area contributed by atoms with Crippen LogP contribution < -0.4 is 14.8 Å². The normalized spacial score (nSPS) is 18.8. The second kappa shape index (κ2) is 7.06. The van der Waals surface area contributed by atoms with Crippen molar-refractivity contribution in [2.45, 2.75) is 25.3 Å². The molecule has 2 aliphatic rings. The zero-order valence-corrected chi connectivity index (χ0v) is 13.7. The van der Waals surface area contributed by atoms with Crippen molar-refractivity contribution in [2.24, 2.45) is 0 Å². The summed E-state index contributed by atoms with van der Waals surface area (Å²) in [6.45, 7) is 2.00. The molecule has 3 heterocycles. The predicted molar refractivity (Wildman–Crippen MR) is 88.6 cm³/mol. The number of fused-ring (bicyclic) bond motifs is 1. The van der Waals surface area contributed by atoms with Crippen molar-refractivity contribution in [3.05, 3.63) is 47.5 Å². The molecule has 1 amide bonds. The van der Waals surface area contributed by atoms with Crippen molar-refractivity contribution >= 4 is 5.91 Å². The Hall–Kier alpha value is -2.67. The van der Waals surface area contributed by atoms with E-state index in [1.165, 1.54) is 0 Å². The summed E-state index contributed by atoms with van der Waals surface area (Å²) in [5.74, 6) is 2.09. The van der Waals surface area contributed by atoms with Gasteiger partial charge in [-0.3, -0.25) is 4.79 Å². The molecule has 0 saturated carbocycles. The number of carbonyl (C=O) groups excluding carboxylic acids is 1. The molecule has 1 N–H and O–H groups in total. The Morgan fingerprint density at radius 3 is 3.04 bits per heavy atom. The summed E-state index contributed by atoms with van der Waals surface area (Å²) in [6.07, 6.45) is 3.80. The van der Waals surface area contributed by atoms with Gasteiger partial charge in [0, 0.05) is 24.3 Å². The van der Waals surface area contributed by atoms with Crippen LogP contribution in [0.1, 0.15) is 40.6 Å². The molecular weight excluding hydrogens is 322 g/mol. The van der Waals surface area contributed by atoms with Gasteiger partial charge in [0.15, 0.2) is 11.5 Å². The summed E-state index contributed by atoms with van der Waals surface area (Å²) in [5.41, 5.74) is 1.31. The molecule has 130 valence electrons. The summed E-state index contributed by atoms with van der Waals surface area (Å²) in [5, 5.41) is 2.88. The molecule has 0 radical (unpaired) electrons. The van der Waals surface area contributed by atoms with Gasteiger partial charge in [-0.05, 0) is 37.1 Å². The Kier molecular flexibility index (Phi) is 4.47. The monoisotopic (exact) mass is 341 g/mol. The maximum absolute atomic E-state index is 12.3. The van der Waals surface area contributed by atoms with Crippen LogP contribution in [0, 0.1) is 0 Å². The number of hydrogen-bond donors (Lipinski definition) is 1. The summed E-state index contributed by atoms with van der Waals surface area (Å²) in [4.78, 5) is 21.3. The third kappa shape index (κ3) is 3.56. The molecule has 1 aromatic heterocycles. The van der Waals surface area contributed by atoms with Crippen molar-refractivity contribution < 1.29 is 19.0 Å². The van der Waals surface area contributed by atoms with Gasteiger partial charge in [-0.25, -0.2) is 9.97 Å². The molecule has 0 spiro atoms. The Balaban J connectivity index is 1.40. The molecule has 1 unspecified atom stereocenters. The highest BCUT2D eigenvalue weighted by Crippen LogP contribution is 2.32. The van der Waals surface area contributed by atoms with Crippen molar-refractivity contribution in [3.63, 3.8) is 0 Å². The van der Waals surface area contributed by atoms with E-state index >= 15 is 0 Å². The smallest absolute Gasteiger partial charge is 0.251 e. The highest BCUT2D eigenvalue weighted by Gasteiger charge is 2.19. The Morgan fingerprint density at radius 2 is 2.16 bits per heavy atom. The van der Waals surface area contributed by atoms with Gasteiger partial charge >= 0.3 is 0 Å². The van der Waals surface area contributed by atoms with Crippen LogP contribution in [0.15, 0.2) is 30.5 Å². The molecule has 2 aliphatic heterocycles. The third-order valence-electron chi connectivity index (χ3n) is 4.32. The minimum absolute atomic E-state index is 0.181. The second-order valence-corrected chi connectivity index (χ2v) is 6.07. The van der Waals surface area contributed by atoms with Gasteiger partial charge in [-0.1, -0.05) is 0 Å². The van der Waals surface area contributed by atoms with E-state index in [0.29, 0.717) is 30.2 Å². The van der Waals surface area contributed by atoms with E-state index in [2.05, 4.69) is 15.3 Å². The van der Waals surface area contributed by atoms with Crippen molar-refractivity contribution in [3.8, 4) is 11.5 Å². The Bertz CT molecular complexity index is 775. The lowest BCUT2D eigenvalue weighted by molar-refractivity contribution is 0.0779. The van der Waals surface area contributed by atoms with Crippen molar-refractivity contribution in [1.82, 2.24) is 15.3 Å². The number of rotatable bonds is 4. The number of ether oxygens (including phenoxy) is 3. The average molecular weight is 341 g/mol. The number of hydrogen-bond acceptors (Lipinski definition) is 6. The standard InChI is InChI=1S/C18H19N3O4/c22-18(12-3-4-15-16(8-12)25-11-24-15)20-9-14-5-6-19-17(21-14)13-2-1-7-23-10-13/h3-6,8,13H,1-2,7,9-11H2,(H,20,22). The zero-order chi connectivity index (χ0) is 17.1. The van der Waals surface area contributed by atoms with Crippen LogP contribution in [0.4, 0.5) is 0 Å².